The third-order valence-electron chi connectivity index (χ3n) is 2.44. The number of hydrogen-bond acceptors (Lipinski definition) is 4. The molecule has 0 aromatic heterocycles. The molecular formula is C13H23NO5. The van der Waals surface area contributed by atoms with Crippen LogP contribution in [0.5, 0.6) is 0 Å². The molecule has 0 saturated carbocycles. The van der Waals surface area contributed by atoms with E-state index in [1.54, 1.807) is 19.9 Å². The molecule has 0 radical (unpaired) electrons. The molecule has 0 aliphatic heterocycles. The Kier molecular flexibility index (Phi) is 7.33. The Bertz CT molecular complexity index is 321. The van der Waals surface area contributed by atoms with Crippen LogP contribution in [0.3, 0.4) is 0 Å². The molecule has 110 valence electrons. The Labute approximate surface area is 113 Å². The van der Waals surface area contributed by atoms with Gasteiger partial charge in [-0.2, -0.15) is 0 Å². The van der Waals surface area contributed by atoms with Gasteiger partial charge in [0.25, 0.3) is 0 Å². The summed E-state index contributed by atoms with van der Waals surface area (Å²) in [5.41, 5.74) is -1.03. The predicted molar refractivity (Wildman–Crippen MR) is 70.7 cm³/mol. The first-order valence-corrected chi connectivity index (χ1v) is 6.08. The van der Waals surface area contributed by atoms with Crippen LogP contribution in [0.25, 0.3) is 0 Å². The third kappa shape index (κ3) is 7.58. The second-order valence-corrected chi connectivity index (χ2v) is 5.01. The van der Waals surface area contributed by atoms with E-state index in [9.17, 15) is 14.7 Å². The van der Waals surface area contributed by atoms with Crippen LogP contribution < -0.4 is 0 Å². The summed E-state index contributed by atoms with van der Waals surface area (Å²) in [5, 5.41) is 18.6. The molecule has 0 heterocycles. The molecule has 1 atom stereocenters. The number of hydrogen-bond donors (Lipinski definition) is 2. The number of carbonyl (C=O) groups excluding carboxylic acids is 1. The zero-order valence-corrected chi connectivity index (χ0v) is 11.8. The van der Waals surface area contributed by atoms with E-state index in [0.717, 1.165) is 4.90 Å². The zero-order valence-electron chi connectivity index (χ0n) is 11.8. The van der Waals surface area contributed by atoms with Crippen LogP contribution in [-0.2, 0) is 14.3 Å². The van der Waals surface area contributed by atoms with E-state index in [-0.39, 0.29) is 25.5 Å². The summed E-state index contributed by atoms with van der Waals surface area (Å²) in [6.07, 6.45) is 2.32. The molecular weight excluding hydrogens is 250 g/mol. The number of allylic oxidation sites excluding steroid dienone is 1. The van der Waals surface area contributed by atoms with E-state index in [4.69, 9.17) is 9.84 Å². The van der Waals surface area contributed by atoms with E-state index < -0.39 is 17.6 Å². The summed E-state index contributed by atoms with van der Waals surface area (Å²) < 4.78 is 5.15. The smallest absolute Gasteiger partial charge is 0.328 e. The number of ether oxygens (including phenoxy) is 1. The van der Waals surface area contributed by atoms with Crippen molar-refractivity contribution in [3.63, 3.8) is 0 Å². The predicted octanol–water partition coefficient (Wildman–Crippen LogP) is 0.652. The zero-order chi connectivity index (χ0) is 15.1. The van der Waals surface area contributed by atoms with Crippen molar-refractivity contribution in [3.8, 4) is 0 Å². The number of carboxylic acid groups (broad SMARTS) is 1. The normalized spacial score (nSPS) is 12.8. The van der Waals surface area contributed by atoms with Gasteiger partial charge in [-0.3, -0.25) is 4.79 Å². The van der Waals surface area contributed by atoms with E-state index in [1.807, 2.05) is 0 Å². The van der Waals surface area contributed by atoms with Gasteiger partial charge in [0.2, 0.25) is 5.91 Å². The van der Waals surface area contributed by atoms with Crippen LogP contribution in [0.4, 0.5) is 0 Å². The SMILES string of the molecule is C=CCCC(=O)N(C)C(COCC(C)(C)O)C(=O)O. The lowest BCUT2D eigenvalue weighted by molar-refractivity contribution is -0.152. The molecule has 0 aromatic rings. The summed E-state index contributed by atoms with van der Waals surface area (Å²) in [4.78, 5) is 24.0. The fraction of sp³-hybridized carbons (Fsp3) is 0.692. The lowest BCUT2D eigenvalue weighted by Gasteiger charge is -2.26. The van der Waals surface area contributed by atoms with E-state index in [2.05, 4.69) is 6.58 Å². The summed E-state index contributed by atoms with van der Waals surface area (Å²) >= 11 is 0. The molecule has 1 unspecified atom stereocenters. The van der Waals surface area contributed by atoms with Gasteiger partial charge in [-0.15, -0.1) is 6.58 Å². The maximum Gasteiger partial charge on any atom is 0.328 e. The second kappa shape index (κ2) is 7.91. The Morgan fingerprint density at radius 2 is 2.05 bits per heavy atom. The van der Waals surface area contributed by atoms with Crippen LogP contribution in [0.2, 0.25) is 0 Å². The number of aliphatic hydroxyl groups is 1. The van der Waals surface area contributed by atoms with Gasteiger partial charge in [-0.1, -0.05) is 6.08 Å². The molecule has 0 aliphatic carbocycles. The third-order valence-corrected chi connectivity index (χ3v) is 2.44. The molecule has 0 spiro atoms. The summed E-state index contributed by atoms with van der Waals surface area (Å²) in [6.45, 7) is 6.47. The molecule has 2 N–H and O–H groups in total. The van der Waals surface area contributed by atoms with E-state index in [0.29, 0.717) is 6.42 Å². The lowest BCUT2D eigenvalue weighted by atomic mass is 10.1. The fourth-order valence-corrected chi connectivity index (χ4v) is 1.34. The summed E-state index contributed by atoms with van der Waals surface area (Å²) in [5.74, 6) is -1.41. The number of aliphatic carboxylic acids is 1. The maximum atomic E-state index is 11.7. The minimum absolute atomic E-state index is 0.00542. The van der Waals surface area contributed by atoms with Gasteiger partial charge < -0.3 is 19.8 Å². The number of nitrogens with zero attached hydrogens (tertiary/aromatic N) is 1. The number of likely N-dealkylation sites (N-methyl/N-ethyl adjacent to an activating group) is 1. The Hall–Kier alpha value is -1.40. The second-order valence-electron chi connectivity index (χ2n) is 5.01. The van der Waals surface area contributed by atoms with Gasteiger partial charge in [0, 0.05) is 13.5 Å². The van der Waals surface area contributed by atoms with Gasteiger partial charge in [0.15, 0.2) is 6.04 Å². The van der Waals surface area contributed by atoms with Crippen LogP contribution >= 0.6 is 0 Å². The average molecular weight is 273 g/mol. The quantitative estimate of drug-likeness (QED) is 0.602. The number of carbonyl (C=O) groups is 2. The first-order valence-electron chi connectivity index (χ1n) is 6.08. The van der Waals surface area contributed by atoms with Crippen molar-refractivity contribution in [2.75, 3.05) is 20.3 Å². The van der Waals surface area contributed by atoms with E-state index >= 15 is 0 Å². The highest BCUT2D eigenvalue weighted by molar-refractivity contribution is 5.83. The Morgan fingerprint density at radius 1 is 1.47 bits per heavy atom. The van der Waals surface area contributed by atoms with Crippen molar-refractivity contribution in [3.05, 3.63) is 12.7 Å². The monoisotopic (exact) mass is 273 g/mol. The molecule has 1 amide bonds. The van der Waals surface area contributed by atoms with Gasteiger partial charge >= 0.3 is 5.97 Å². The van der Waals surface area contributed by atoms with Crippen molar-refractivity contribution in [2.45, 2.75) is 38.3 Å². The van der Waals surface area contributed by atoms with Crippen molar-refractivity contribution < 1.29 is 24.5 Å². The Morgan fingerprint density at radius 3 is 2.47 bits per heavy atom. The first kappa shape index (κ1) is 17.6. The first-order chi connectivity index (χ1) is 8.69. The molecule has 0 aromatic carbocycles. The highest BCUT2D eigenvalue weighted by atomic mass is 16.5. The van der Waals surface area contributed by atoms with E-state index in [1.165, 1.54) is 7.05 Å². The number of rotatable bonds is 9. The highest BCUT2D eigenvalue weighted by Crippen LogP contribution is 2.06. The molecule has 6 nitrogen and oxygen atoms in total. The largest absolute Gasteiger partial charge is 0.480 e. The molecule has 0 rings (SSSR count). The van der Waals surface area contributed by atoms with Gasteiger partial charge in [0.05, 0.1) is 18.8 Å². The standard InChI is InChI=1S/C13H23NO5/c1-5-6-7-11(15)14(4)10(12(16)17)8-19-9-13(2,3)18/h5,10,18H,1,6-9H2,2-4H3,(H,16,17). The van der Waals surface area contributed by atoms with Crippen molar-refractivity contribution >= 4 is 11.9 Å². The molecule has 0 aliphatic rings. The Balaban J connectivity index is 4.42. The van der Waals surface area contributed by atoms with Crippen molar-refractivity contribution in [1.82, 2.24) is 4.90 Å². The van der Waals surface area contributed by atoms with Crippen LogP contribution in [0.1, 0.15) is 26.7 Å². The molecule has 0 fully saturated rings. The van der Waals surface area contributed by atoms with Gasteiger partial charge in [-0.05, 0) is 20.3 Å². The molecule has 0 saturated heterocycles. The lowest BCUT2D eigenvalue weighted by Crippen LogP contribution is -2.46. The summed E-state index contributed by atoms with van der Waals surface area (Å²) in [7, 11) is 1.43. The molecule has 19 heavy (non-hydrogen) atoms. The summed E-state index contributed by atoms with van der Waals surface area (Å²) in [6, 6.07) is -1.06. The average Bonchev–Trinajstić information content (AvgIpc) is 2.29. The van der Waals surface area contributed by atoms with Crippen LogP contribution in [-0.4, -0.2) is 58.9 Å². The number of carboxylic acids is 1. The van der Waals surface area contributed by atoms with Crippen molar-refractivity contribution in [1.29, 1.82) is 0 Å². The molecule has 0 bridgehead atoms. The molecule has 6 heteroatoms. The maximum absolute atomic E-state index is 11.7. The van der Waals surface area contributed by atoms with Gasteiger partial charge in [0.1, 0.15) is 0 Å². The van der Waals surface area contributed by atoms with Crippen LogP contribution in [0.15, 0.2) is 12.7 Å². The highest BCUT2D eigenvalue weighted by Gasteiger charge is 2.27. The fourth-order valence-electron chi connectivity index (χ4n) is 1.34. The van der Waals surface area contributed by atoms with Gasteiger partial charge in [-0.25, -0.2) is 4.79 Å². The van der Waals surface area contributed by atoms with Crippen molar-refractivity contribution in [2.24, 2.45) is 0 Å². The number of amides is 1. The van der Waals surface area contributed by atoms with Crippen LogP contribution in [0, 0.1) is 0 Å². The minimum atomic E-state index is -1.13. The minimum Gasteiger partial charge on any atom is -0.480 e. The topological polar surface area (TPSA) is 87.1 Å².